The second-order valence-corrected chi connectivity index (χ2v) is 7.47. The minimum absolute atomic E-state index is 0.110. The fraction of sp³-hybridized carbons (Fsp3) is 0.417. The van der Waals surface area contributed by atoms with E-state index in [4.69, 9.17) is 0 Å². The second-order valence-electron chi connectivity index (χ2n) is 7.47. The lowest BCUT2D eigenvalue weighted by molar-refractivity contribution is -0.140. The molecular formula is C24H31FN2O2. The molecule has 0 aliphatic carbocycles. The monoisotopic (exact) mass is 398 g/mol. The van der Waals surface area contributed by atoms with Crippen molar-refractivity contribution in [3.05, 3.63) is 70.5 Å². The fourth-order valence-electron chi connectivity index (χ4n) is 3.33. The van der Waals surface area contributed by atoms with E-state index >= 15 is 0 Å². The average molecular weight is 399 g/mol. The van der Waals surface area contributed by atoms with Crippen LogP contribution in [0, 0.1) is 19.7 Å². The molecular weight excluding hydrogens is 367 g/mol. The van der Waals surface area contributed by atoms with E-state index in [-0.39, 0.29) is 30.6 Å². The third-order valence-electron chi connectivity index (χ3n) is 5.05. The summed E-state index contributed by atoms with van der Waals surface area (Å²) in [6.45, 7) is 8.71. The first-order valence-electron chi connectivity index (χ1n) is 10.2. The Kier molecular flexibility index (Phi) is 8.37. The zero-order valence-electron chi connectivity index (χ0n) is 17.8. The summed E-state index contributed by atoms with van der Waals surface area (Å²) in [7, 11) is 0. The minimum Gasteiger partial charge on any atom is -0.354 e. The van der Waals surface area contributed by atoms with Gasteiger partial charge in [0.1, 0.15) is 11.9 Å². The maximum Gasteiger partial charge on any atom is 0.242 e. The van der Waals surface area contributed by atoms with Crippen LogP contribution in [0.1, 0.15) is 48.9 Å². The van der Waals surface area contributed by atoms with Crippen LogP contribution in [0.3, 0.4) is 0 Å². The highest BCUT2D eigenvalue weighted by atomic mass is 19.1. The number of hydrogen-bond acceptors (Lipinski definition) is 2. The van der Waals surface area contributed by atoms with Crippen molar-refractivity contribution in [2.75, 3.05) is 6.54 Å². The number of benzene rings is 2. The number of hydrogen-bond donors (Lipinski definition) is 1. The number of nitrogens with one attached hydrogen (secondary N) is 1. The molecule has 1 unspecified atom stereocenters. The molecule has 0 heterocycles. The van der Waals surface area contributed by atoms with E-state index in [9.17, 15) is 14.0 Å². The Bertz CT molecular complexity index is 833. The molecule has 0 bridgehead atoms. The van der Waals surface area contributed by atoms with Crippen LogP contribution in [-0.2, 0) is 22.6 Å². The summed E-state index contributed by atoms with van der Waals surface area (Å²) >= 11 is 0. The van der Waals surface area contributed by atoms with Gasteiger partial charge >= 0.3 is 0 Å². The van der Waals surface area contributed by atoms with E-state index in [2.05, 4.69) is 5.32 Å². The molecule has 1 atom stereocenters. The molecule has 156 valence electrons. The smallest absolute Gasteiger partial charge is 0.242 e. The second kappa shape index (κ2) is 10.7. The summed E-state index contributed by atoms with van der Waals surface area (Å²) in [5, 5.41) is 2.91. The fourth-order valence-corrected chi connectivity index (χ4v) is 3.33. The summed E-state index contributed by atoms with van der Waals surface area (Å²) in [5.41, 5.74) is 3.90. The van der Waals surface area contributed by atoms with E-state index in [1.807, 2.05) is 45.9 Å². The first-order chi connectivity index (χ1) is 13.8. The molecule has 0 spiro atoms. The largest absolute Gasteiger partial charge is 0.354 e. The van der Waals surface area contributed by atoms with Crippen molar-refractivity contribution in [1.29, 1.82) is 0 Å². The van der Waals surface area contributed by atoms with E-state index in [1.54, 1.807) is 17.0 Å². The van der Waals surface area contributed by atoms with Crippen LogP contribution >= 0.6 is 0 Å². The Labute approximate surface area is 173 Å². The summed E-state index contributed by atoms with van der Waals surface area (Å²) in [6.07, 6.45) is 1.57. The van der Waals surface area contributed by atoms with Crippen molar-refractivity contribution in [3.63, 3.8) is 0 Å². The van der Waals surface area contributed by atoms with Gasteiger partial charge in [-0.3, -0.25) is 9.59 Å². The molecule has 0 saturated heterocycles. The minimum atomic E-state index is -0.566. The number of rotatable bonds is 9. The highest BCUT2D eigenvalue weighted by Crippen LogP contribution is 2.17. The summed E-state index contributed by atoms with van der Waals surface area (Å²) < 4.78 is 13.3. The third kappa shape index (κ3) is 6.41. The summed E-state index contributed by atoms with van der Waals surface area (Å²) in [5.74, 6) is -0.581. The molecule has 0 saturated carbocycles. The van der Waals surface area contributed by atoms with Crippen molar-refractivity contribution in [3.8, 4) is 0 Å². The topological polar surface area (TPSA) is 49.4 Å². The van der Waals surface area contributed by atoms with Crippen molar-refractivity contribution >= 4 is 11.8 Å². The van der Waals surface area contributed by atoms with E-state index in [1.165, 1.54) is 12.1 Å². The number of aryl methyl sites for hydroxylation is 2. The van der Waals surface area contributed by atoms with Gasteiger partial charge in [0.25, 0.3) is 0 Å². The van der Waals surface area contributed by atoms with Crippen molar-refractivity contribution in [2.45, 2.75) is 59.5 Å². The maximum absolute atomic E-state index is 13.3. The van der Waals surface area contributed by atoms with Gasteiger partial charge in [-0.25, -0.2) is 4.39 Å². The lowest BCUT2D eigenvalue weighted by atomic mass is 10.0. The molecule has 2 aromatic rings. The average Bonchev–Trinajstić information content (AvgIpc) is 2.70. The molecule has 0 aliphatic heterocycles. The van der Waals surface area contributed by atoms with Crippen LogP contribution in [-0.4, -0.2) is 29.3 Å². The van der Waals surface area contributed by atoms with Gasteiger partial charge in [0.05, 0.1) is 6.42 Å². The SMILES string of the molecule is CCCNC(=O)C(CC)N(Cc1ccc(F)cc1)C(=O)Cc1cc(C)ccc1C. The summed E-state index contributed by atoms with van der Waals surface area (Å²) in [4.78, 5) is 27.7. The van der Waals surface area contributed by atoms with Crippen LogP contribution in [0.2, 0.25) is 0 Å². The standard InChI is InChI=1S/C24H31FN2O2/c1-5-13-26-24(29)22(6-2)27(16-19-9-11-21(25)12-10-19)23(28)15-20-14-17(3)7-8-18(20)4/h7-12,14,22H,5-6,13,15-16H2,1-4H3,(H,26,29). The third-order valence-corrected chi connectivity index (χ3v) is 5.05. The predicted octanol–water partition coefficient (Wildman–Crippen LogP) is 4.32. The van der Waals surface area contributed by atoms with Crippen LogP contribution < -0.4 is 5.32 Å². The Morgan fingerprint density at radius 2 is 1.76 bits per heavy atom. The van der Waals surface area contributed by atoms with E-state index < -0.39 is 6.04 Å². The Morgan fingerprint density at radius 3 is 2.38 bits per heavy atom. The van der Waals surface area contributed by atoms with Crippen LogP contribution in [0.15, 0.2) is 42.5 Å². The van der Waals surface area contributed by atoms with Gasteiger partial charge in [-0.05, 0) is 55.5 Å². The van der Waals surface area contributed by atoms with Crippen LogP contribution in [0.25, 0.3) is 0 Å². The molecule has 2 amide bonds. The number of carbonyl (C=O) groups excluding carboxylic acids is 2. The number of carbonyl (C=O) groups is 2. The highest BCUT2D eigenvalue weighted by Gasteiger charge is 2.28. The normalized spacial score (nSPS) is 11.8. The van der Waals surface area contributed by atoms with Crippen molar-refractivity contribution in [2.24, 2.45) is 0 Å². The Morgan fingerprint density at radius 1 is 1.07 bits per heavy atom. The van der Waals surface area contributed by atoms with Gasteiger partial charge < -0.3 is 10.2 Å². The highest BCUT2D eigenvalue weighted by molar-refractivity contribution is 5.88. The Hall–Kier alpha value is -2.69. The molecule has 0 radical (unpaired) electrons. The van der Waals surface area contributed by atoms with Crippen LogP contribution in [0.4, 0.5) is 4.39 Å². The first kappa shape index (κ1) is 22.6. The number of halogens is 1. The molecule has 1 N–H and O–H groups in total. The van der Waals surface area contributed by atoms with Gasteiger partial charge in [0, 0.05) is 13.1 Å². The predicted molar refractivity (Wildman–Crippen MR) is 114 cm³/mol. The van der Waals surface area contributed by atoms with Gasteiger partial charge in [-0.15, -0.1) is 0 Å². The number of nitrogens with zero attached hydrogens (tertiary/aromatic N) is 1. The van der Waals surface area contributed by atoms with Gasteiger partial charge in [-0.2, -0.15) is 0 Å². The molecule has 2 aromatic carbocycles. The molecule has 4 nitrogen and oxygen atoms in total. The van der Waals surface area contributed by atoms with Gasteiger partial charge in [0.2, 0.25) is 11.8 Å². The zero-order chi connectivity index (χ0) is 21.4. The van der Waals surface area contributed by atoms with Gasteiger partial charge in [-0.1, -0.05) is 49.7 Å². The lowest BCUT2D eigenvalue weighted by Crippen LogP contribution is -2.49. The van der Waals surface area contributed by atoms with Gasteiger partial charge in [0.15, 0.2) is 0 Å². The zero-order valence-corrected chi connectivity index (χ0v) is 17.8. The summed E-state index contributed by atoms with van der Waals surface area (Å²) in [6, 6.07) is 11.5. The maximum atomic E-state index is 13.3. The number of amides is 2. The molecule has 5 heteroatoms. The molecule has 0 aromatic heterocycles. The van der Waals surface area contributed by atoms with E-state index in [0.717, 1.165) is 28.7 Å². The van der Waals surface area contributed by atoms with E-state index in [0.29, 0.717) is 13.0 Å². The quantitative estimate of drug-likeness (QED) is 0.684. The lowest BCUT2D eigenvalue weighted by Gasteiger charge is -2.31. The first-order valence-corrected chi connectivity index (χ1v) is 10.2. The van der Waals surface area contributed by atoms with Crippen molar-refractivity contribution < 1.29 is 14.0 Å². The molecule has 29 heavy (non-hydrogen) atoms. The molecule has 0 aliphatic rings. The molecule has 0 fully saturated rings. The Balaban J connectivity index is 2.30. The van der Waals surface area contributed by atoms with Crippen LogP contribution in [0.5, 0.6) is 0 Å². The molecule has 2 rings (SSSR count). The van der Waals surface area contributed by atoms with Crippen molar-refractivity contribution in [1.82, 2.24) is 10.2 Å².